The van der Waals surface area contributed by atoms with Crippen LogP contribution in [0.15, 0.2) is 24.3 Å². The second-order valence-electron chi connectivity index (χ2n) is 7.33. The van der Waals surface area contributed by atoms with Gasteiger partial charge in [0.25, 0.3) is 0 Å². The minimum Gasteiger partial charge on any atom is -0.497 e. The fourth-order valence-electron chi connectivity index (χ4n) is 2.93. The Balaban J connectivity index is 1.90. The average Bonchev–Trinajstić information content (AvgIpc) is 2.48. The van der Waals surface area contributed by atoms with E-state index in [1.165, 1.54) is 0 Å². The molecule has 0 atom stereocenters. The van der Waals surface area contributed by atoms with Crippen molar-refractivity contribution >= 4 is 5.91 Å². The number of hydrogen-bond donors (Lipinski definition) is 2. The van der Waals surface area contributed by atoms with Gasteiger partial charge >= 0.3 is 0 Å². The van der Waals surface area contributed by atoms with E-state index < -0.39 is 5.60 Å². The van der Waals surface area contributed by atoms with Gasteiger partial charge in [0.2, 0.25) is 5.91 Å². The van der Waals surface area contributed by atoms with Crippen LogP contribution in [-0.2, 0) is 10.4 Å². The lowest BCUT2D eigenvalue weighted by atomic mass is 9.84. The molecule has 1 amide bonds. The topological polar surface area (TPSA) is 61.8 Å². The van der Waals surface area contributed by atoms with Crippen molar-refractivity contribution in [3.63, 3.8) is 0 Å². The van der Waals surface area contributed by atoms with E-state index in [1.54, 1.807) is 7.11 Å². The number of likely N-dealkylation sites (tertiary alicyclic amines) is 1. The molecule has 1 aromatic rings. The number of methoxy groups -OCH3 is 1. The van der Waals surface area contributed by atoms with E-state index >= 15 is 0 Å². The van der Waals surface area contributed by atoms with Gasteiger partial charge in [-0.15, -0.1) is 0 Å². The molecule has 128 valence electrons. The molecule has 2 rings (SSSR count). The van der Waals surface area contributed by atoms with Crippen molar-refractivity contribution < 1.29 is 14.6 Å². The third-order valence-electron chi connectivity index (χ3n) is 4.19. The lowest BCUT2D eigenvalue weighted by molar-refractivity contribution is -0.125. The van der Waals surface area contributed by atoms with Crippen molar-refractivity contribution in [2.75, 3.05) is 26.7 Å². The summed E-state index contributed by atoms with van der Waals surface area (Å²) in [7, 11) is 1.63. The van der Waals surface area contributed by atoms with Gasteiger partial charge in [-0.05, 0) is 51.3 Å². The Hall–Kier alpha value is -1.59. The van der Waals surface area contributed by atoms with Gasteiger partial charge in [0.15, 0.2) is 0 Å². The molecule has 0 spiro atoms. The summed E-state index contributed by atoms with van der Waals surface area (Å²) in [6.07, 6.45) is 1.25. The monoisotopic (exact) mass is 320 g/mol. The Morgan fingerprint density at radius 2 is 1.83 bits per heavy atom. The quantitative estimate of drug-likeness (QED) is 0.889. The molecule has 0 radical (unpaired) electrons. The summed E-state index contributed by atoms with van der Waals surface area (Å²) < 4.78 is 5.16. The zero-order valence-corrected chi connectivity index (χ0v) is 14.6. The number of hydrogen-bond acceptors (Lipinski definition) is 4. The molecule has 1 saturated heterocycles. The van der Waals surface area contributed by atoms with Crippen LogP contribution in [0.3, 0.4) is 0 Å². The highest BCUT2D eigenvalue weighted by Crippen LogP contribution is 2.33. The molecule has 0 saturated carbocycles. The summed E-state index contributed by atoms with van der Waals surface area (Å²) in [6, 6.07) is 7.58. The van der Waals surface area contributed by atoms with Crippen molar-refractivity contribution in [2.45, 2.75) is 44.8 Å². The van der Waals surface area contributed by atoms with Crippen molar-refractivity contribution in [1.29, 1.82) is 0 Å². The zero-order chi connectivity index (χ0) is 17.1. The Bertz CT molecular complexity index is 526. The number of aliphatic hydroxyl groups is 1. The number of nitrogens with one attached hydrogen (secondary N) is 1. The summed E-state index contributed by atoms with van der Waals surface area (Å²) in [5, 5.41) is 13.9. The minimum absolute atomic E-state index is 0.0346. The summed E-state index contributed by atoms with van der Waals surface area (Å²) in [5.74, 6) is 0.820. The first kappa shape index (κ1) is 17.8. The fourth-order valence-corrected chi connectivity index (χ4v) is 2.93. The summed E-state index contributed by atoms with van der Waals surface area (Å²) in [6.45, 7) is 7.73. The summed E-state index contributed by atoms with van der Waals surface area (Å²) >= 11 is 0. The Morgan fingerprint density at radius 3 is 2.30 bits per heavy atom. The molecule has 0 bridgehead atoms. The van der Waals surface area contributed by atoms with Crippen molar-refractivity contribution in [1.82, 2.24) is 10.2 Å². The van der Waals surface area contributed by atoms with Crippen LogP contribution in [0.2, 0.25) is 0 Å². The molecule has 5 heteroatoms. The predicted molar refractivity (Wildman–Crippen MR) is 90.5 cm³/mol. The van der Waals surface area contributed by atoms with Crippen LogP contribution in [0.5, 0.6) is 5.75 Å². The highest BCUT2D eigenvalue weighted by molar-refractivity contribution is 5.78. The Kier molecular flexibility index (Phi) is 5.32. The first-order valence-corrected chi connectivity index (χ1v) is 8.12. The third kappa shape index (κ3) is 4.94. The van der Waals surface area contributed by atoms with Crippen LogP contribution in [0.4, 0.5) is 0 Å². The van der Waals surface area contributed by atoms with Gasteiger partial charge < -0.3 is 15.2 Å². The SMILES string of the molecule is COc1ccc(C2(O)CCN(CC(=O)NC(C)(C)C)CC2)cc1. The molecule has 0 aliphatic carbocycles. The van der Waals surface area contributed by atoms with Crippen molar-refractivity contribution in [3.8, 4) is 5.75 Å². The van der Waals surface area contributed by atoms with E-state index in [0.29, 0.717) is 32.5 Å². The Labute approximate surface area is 138 Å². The Morgan fingerprint density at radius 1 is 1.26 bits per heavy atom. The largest absolute Gasteiger partial charge is 0.497 e. The molecular formula is C18H28N2O3. The minimum atomic E-state index is -0.816. The second-order valence-corrected chi connectivity index (χ2v) is 7.33. The first-order valence-electron chi connectivity index (χ1n) is 8.12. The molecular weight excluding hydrogens is 292 g/mol. The van der Waals surface area contributed by atoms with Gasteiger partial charge in [0.05, 0.1) is 19.3 Å². The number of benzene rings is 1. The molecule has 2 N–H and O–H groups in total. The third-order valence-corrected chi connectivity index (χ3v) is 4.19. The zero-order valence-electron chi connectivity index (χ0n) is 14.6. The average molecular weight is 320 g/mol. The lowest BCUT2D eigenvalue weighted by Crippen LogP contribution is -2.49. The van der Waals surface area contributed by atoms with Crippen LogP contribution in [0.25, 0.3) is 0 Å². The molecule has 23 heavy (non-hydrogen) atoms. The smallest absolute Gasteiger partial charge is 0.234 e. The molecule has 0 unspecified atom stereocenters. The maximum Gasteiger partial charge on any atom is 0.234 e. The summed E-state index contributed by atoms with van der Waals surface area (Å²) in [5.41, 5.74) is -0.114. The number of carbonyl (C=O) groups is 1. The predicted octanol–water partition coefficient (Wildman–Crippen LogP) is 1.89. The van der Waals surface area contributed by atoms with E-state index in [4.69, 9.17) is 4.74 Å². The number of ether oxygens (including phenoxy) is 1. The van der Waals surface area contributed by atoms with E-state index in [0.717, 1.165) is 11.3 Å². The van der Waals surface area contributed by atoms with Gasteiger partial charge in [-0.3, -0.25) is 9.69 Å². The van der Waals surface area contributed by atoms with Crippen LogP contribution in [0, 0.1) is 0 Å². The van der Waals surface area contributed by atoms with Gasteiger partial charge in [-0.1, -0.05) is 12.1 Å². The molecule has 0 aromatic heterocycles. The highest BCUT2D eigenvalue weighted by Gasteiger charge is 2.34. The van der Waals surface area contributed by atoms with E-state index in [1.807, 2.05) is 45.0 Å². The van der Waals surface area contributed by atoms with Gasteiger partial charge in [-0.25, -0.2) is 0 Å². The van der Waals surface area contributed by atoms with Crippen molar-refractivity contribution in [2.24, 2.45) is 0 Å². The molecule has 1 aliphatic rings. The first-order chi connectivity index (χ1) is 10.7. The highest BCUT2D eigenvalue weighted by atomic mass is 16.5. The molecule has 1 aromatic carbocycles. The maximum atomic E-state index is 12.0. The summed E-state index contributed by atoms with van der Waals surface area (Å²) in [4.78, 5) is 14.1. The van der Waals surface area contributed by atoms with E-state index in [2.05, 4.69) is 10.2 Å². The second kappa shape index (κ2) is 6.89. The van der Waals surface area contributed by atoms with Crippen LogP contribution in [0.1, 0.15) is 39.2 Å². The maximum absolute atomic E-state index is 12.0. The van der Waals surface area contributed by atoms with Gasteiger partial charge in [-0.2, -0.15) is 0 Å². The molecule has 5 nitrogen and oxygen atoms in total. The number of carbonyl (C=O) groups excluding carboxylic acids is 1. The lowest BCUT2D eigenvalue weighted by Gasteiger charge is -2.38. The van der Waals surface area contributed by atoms with Gasteiger partial charge in [0.1, 0.15) is 5.75 Å². The van der Waals surface area contributed by atoms with Crippen LogP contribution in [-0.4, -0.2) is 48.2 Å². The molecule has 1 heterocycles. The normalized spacial score (nSPS) is 18.5. The van der Waals surface area contributed by atoms with E-state index in [-0.39, 0.29) is 11.4 Å². The molecule has 1 aliphatic heterocycles. The van der Waals surface area contributed by atoms with Gasteiger partial charge in [0, 0.05) is 18.6 Å². The number of piperidine rings is 1. The van der Waals surface area contributed by atoms with Crippen molar-refractivity contribution in [3.05, 3.63) is 29.8 Å². The van der Waals surface area contributed by atoms with Crippen LogP contribution >= 0.6 is 0 Å². The number of rotatable bonds is 4. The standard InChI is InChI=1S/C18H28N2O3/c1-17(2,3)19-16(21)13-20-11-9-18(22,10-12-20)14-5-7-15(23-4)8-6-14/h5-8,22H,9-13H2,1-4H3,(H,19,21). The number of nitrogens with zero attached hydrogens (tertiary/aromatic N) is 1. The fraction of sp³-hybridized carbons (Fsp3) is 0.611. The number of amides is 1. The van der Waals surface area contributed by atoms with E-state index in [9.17, 15) is 9.90 Å². The molecule has 1 fully saturated rings. The van der Waals surface area contributed by atoms with Crippen LogP contribution < -0.4 is 10.1 Å².